The van der Waals surface area contributed by atoms with Crippen molar-refractivity contribution in [3.05, 3.63) is 64.5 Å². The number of hydrogen-bond acceptors (Lipinski definition) is 5. The molecule has 8 nitrogen and oxygen atoms in total. The van der Waals surface area contributed by atoms with Crippen molar-refractivity contribution in [1.82, 2.24) is 14.9 Å². The second kappa shape index (κ2) is 10.4. The Morgan fingerprint density at radius 3 is 2.30 bits per heavy atom. The molecule has 33 heavy (non-hydrogen) atoms. The first-order valence-electron chi connectivity index (χ1n) is 10.6. The molecule has 2 amide bonds. The van der Waals surface area contributed by atoms with Crippen LogP contribution in [0.2, 0.25) is 0 Å². The SMILES string of the molecule is Cc1cc(C)c(S(=O)(=O)N2CCCO[C@@H]2CNC(=O)C(=O)NCc2ccc(F)cc2)c(C)c1. The molecule has 0 aromatic heterocycles. The summed E-state index contributed by atoms with van der Waals surface area (Å²) in [4.78, 5) is 24.6. The van der Waals surface area contributed by atoms with Crippen LogP contribution in [0, 0.1) is 26.6 Å². The zero-order valence-corrected chi connectivity index (χ0v) is 19.7. The Kier molecular flexibility index (Phi) is 7.83. The van der Waals surface area contributed by atoms with E-state index in [0.29, 0.717) is 29.7 Å². The highest BCUT2D eigenvalue weighted by Gasteiger charge is 2.36. The van der Waals surface area contributed by atoms with E-state index in [1.54, 1.807) is 13.8 Å². The lowest BCUT2D eigenvalue weighted by atomic mass is 10.1. The number of amides is 2. The Balaban J connectivity index is 1.65. The Morgan fingerprint density at radius 2 is 1.67 bits per heavy atom. The molecule has 2 aromatic rings. The van der Waals surface area contributed by atoms with Gasteiger partial charge in [0.2, 0.25) is 10.0 Å². The van der Waals surface area contributed by atoms with Gasteiger partial charge in [0.05, 0.1) is 18.0 Å². The normalized spacial score (nSPS) is 16.9. The third kappa shape index (κ3) is 5.95. The van der Waals surface area contributed by atoms with Crippen molar-refractivity contribution in [2.75, 3.05) is 19.7 Å². The van der Waals surface area contributed by atoms with Crippen molar-refractivity contribution in [2.24, 2.45) is 0 Å². The summed E-state index contributed by atoms with van der Waals surface area (Å²) >= 11 is 0. The summed E-state index contributed by atoms with van der Waals surface area (Å²) in [7, 11) is -3.88. The van der Waals surface area contributed by atoms with E-state index in [2.05, 4.69) is 10.6 Å². The highest BCUT2D eigenvalue weighted by atomic mass is 32.2. The van der Waals surface area contributed by atoms with Crippen LogP contribution >= 0.6 is 0 Å². The number of carbonyl (C=O) groups excluding carboxylic acids is 2. The lowest BCUT2D eigenvalue weighted by molar-refractivity contribution is -0.140. The Hall–Kier alpha value is -2.82. The van der Waals surface area contributed by atoms with Crippen molar-refractivity contribution in [1.29, 1.82) is 0 Å². The van der Waals surface area contributed by atoms with Crippen LogP contribution in [0.25, 0.3) is 0 Å². The van der Waals surface area contributed by atoms with Gasteiger partial charge in [-0.2, -0.15) is 4.31 Å². The van der Waals surface area contributed by atoms with Crippen LogP contribution in [-0.4, -0.2) is 50.5 Å². The lowest BCUT2D eigenvalue weighted by Gasteiger charge is -2.35. The molecule has 0 radical (unpaired) electrons. The summed E-state index contributed by atoms with van der Waals surface area (Å²) < 4.78 is 46.7. The summed E-state index contributed by atoms with van der Waals surface area (Å²) in [6.07, 6.45) is -0.413. The number of ether oxygens (including phenoxy) is 1. The predicted molar refractivity (Wildman–Crippen MR) is 120 cm³/mol. The van der Waals surface area contributed by atoms with Gasteiger partial charge in [-0.15, -0.1) is 0 Å². The molecule has 0 saturated carbocycles. The van der Waals surface area contributed by atoms with Crippen LogP contribution in [0.15, 0.2) is 41.3 Å². The summed E-state index contributed by atoms with van der Waals surface area (Å²) in [5.41, 5.74) is 2.88. The molecule has 1 aliphatic heterocycles. The van der Waals surface area contributed by atoms with Gasteiger partial charge in [-0.05, 0) is 56.0 Å². The molecule has 2 N–H and O–H groups in total. The summed E-state index contributed by atoms with van der Waals surface area (Å²) in [6, 6.07) is 9.14. The molecule has 2 aromatic carbocycles. The minimum absolute atomic E-state index is 0.0545. The van der Waals surface area contributed by atoms with Gasteiger partial charge >= 0.3 is 11.8 Å². The van der Waals surface area contributed by atoms with Crippen LogP contribution in [0.5, 0.6) is 0 Å². The minimum atomic E-state index is -3.88. The van der Waals surface area contributed by atoms with E-state index >= 15 is 0 Å². The first-order valence-corrected chi connectivity index (χ1v) is 12.1. The van der Waals surface area contributed by atoms with E-state index in [1.165, 1.54) is 28.6 Å². The van der Waals surface area contributed by atoms with Gasteiger partial charge in [-0.25, -0.2) is 12.8 Å². The second-order valence-corrected chi connectivity index (χ2v) is 9.87. The maximum atomic E-state index is 13.4. The molecular weight excluding hydrogens is 449 g/mol. The number of sulfonamides is 1. The second-order valence-electron chi connectivity index (χ2n) is 8.04. The molecule has 10 heteroatoms. The molecule has 1 aliphatic rings. The van der Waals surface area contributed by atoms with Crippen LogP contribution in [0.1, 0.15) is 28.7 Å². The zero-order chi connectivity index (χ0) is 24.2. The number of nitrogens with zero attached hydrogens (tertiary/aromatic N) is 1. The number of aryl methyl sites for hydroxylation is 3. The summed E-state index contributed by atoms with van der Waals surface area (Å²) in [5, 5.41) is 4.89. The number of carbonyl (C=O) groups is 2. The number of hydrogen-bond donors (Lipinski definition) is 2. The predicted octanol–water partition coefficient (Wildman–Crippen LogP) is 1.92. The van der Waals surface area contributed by atoms with Crippen LogP contribution in [0.3, 0.4) is 0 Å². The molecule has 0 aliphatic carbocycles. The summed E-state index contributed by atoms with van der Waals surface area (Å²) in [5.74, 6) is -2.19. The largest absolute Gasteiger partial charge is 0.360 e. The first kappa shape index (κ1) is 24.8. The van der Waals surface area contributed by atoms with E-state index in [-0.39, 0.29) is 24.5 Å². The van der Waals surface area contributed by atoms with E-state index in [1.807, 2.05) is 19.1 Å². The maximum absolute atomic E-state index is 13.4. The van der Waals surface area contributed by atoms with Crippen molar-refractivity contribution >= 4 is 21.8 Å². The van der Waals surface area contributed by atoms with Gasteiger partial charge in [0.1, 0.15) is 12.0 Å². The van der Waals surface area contributed by atoms with Crippen molar-refractivity contribution in [2.45, 2.75) is 44.9 Å². The van der Waals surface area contributed by atoms with Gasteiger partial charge < -0.3 is 15.4 Å². The Labute approximate surface area is 193 Å². The van der Waals surface area contributed by atoms with Crippen LogP contribution in [0.4, 0.5) is 4.39 Å². The summed E-state index contributed by atoms with van der Waals surface area (Å²) in [6.45, 7) is 5.87. The molecule has 1 saturated heterocycles. The van der Waals surface area contributed by atoms with Gasteiger partial charge in [-0.1, -0.05) is 29.8 Å². The molecule has 0 unspecified atom stereocenters. The van der Waals surface area contributed by atoms with Crippen molar-refractivity contribution in [3.63, 3.8) is 0 Å². The maximum Gasteiger partial charge on any atom is 0.309 e. The standard InChI is InChI=1S/C23H28FN3O5S/c1-15-11-16(2)21(17(3)12-15)33(30,31)27-9-4-10-32-20(27)14-26-23(29)22(28)25-13-18-5-7-19(24)8-6-18/h5-8,11-12,20H,4,9-10,13-14H2,1-3H3,(H,25,28)(H,26,29)/t20-/m1/s1. The molecule has 1 heterocycles. The fourth-order valence-corrected chi connectivity index (χ4v) is 5.90. The Bertz CT molecular complexity index is 1110. The number of rotatable bonds is 6. The molecule has 3 rings (SSSR count). The Morgan fingerprint density at radius 1 is 1.06 bits per heavy atom. The first-order chi connectivity index (χ1) is 15.6. The number of nitrogens with one attached hydrogen (secondary N) is 2. The quantitative estimate of drug-likeness (QED) is 0.619. The van der Waals surface area contributed by atoms with E-state index in [4.69, 9.17) is 4.74 Å². The van der Waals surface area contributed by atoms with E-state index < -0.39 is 33.9 Å². The fraction of sp³-hybridized carbons (Fsp3) is 0.391. The average molecular weight is 478 g/mol. The smallest absolute Gasteiger partial charge is 0.309 e. The monoisotopic (exact) mass is 477 g/mol. The van der Waals surface area contributed by atoms with Crippen LogP contribution < -0.4 is 10.6 Å². The molecule has 1 fully saturated rings. The topological polar surface area (TPSA) is 105 Å². The third-order valence-corrected chi connectivity index (χ3v) is 7.53. The number of halogens is 1. The van der Waals surface area contributed by atoms with E-state index in [9.17, 15) is 22.4 Å². The molecule has 178 valence electrons. The molecular formula is C23H28FN3O5S. The van der Waals surface area contributed by atoms with Crippen LogP contribution in [-0.2, 0) is 30.9 Å². The van der Waals surface area contributed by atoms with Gasteiger partial charge in [0.15, 0.2) is 0 Å². The lowest BCUT2D eigenvalue weighted by Crippen LogP contribution is -2.53. The molecule has 0 bridgehead atoms. The van der Waals surface area contributed by atoms with Crippen molar-refractivity contribution < 1.29 is 27.1 Å². The fourth-order valence-electron chi connectivity index (χ4n) is 3.92. The highest BCUT2D eigenvalue weighted by molar-refractivity contribution is 7.89. The van der Waals surface area contributed by atoms with E-state index in [0.717, 1.165) is 5.56 Å². The average Bonchev–Trinajstić information content (AvgIpc) is 2.76. The third-order valence-electron chi connectivity index (χ3n) is 5.34. The van der Waals surface area contributed by atoms with Gasteiger partial charge in [-0.3, -0.25) is 9.59 Å². The number of benzene rings is 2. The van der Waals surface area contributed by atoms with Gasteiger partial charge in [0.25, 0.3) is 0 Å². The molecule has 1 atom stereocenters. The van der Waals surface area contributed by atoms with Gasteiger partial charge in [0, 0.05) is 13.1 Å². The highest BCUT2D eigenvalue weighted by Crippen LogP contribution is 2.28. The molecule has 0 spiro atoms. The van der Waals surface area contributed by atoms with Crippen molar-refractivity contribution in [3.8, 4) is 0 Å². The minimum Gasteiger partial charge on any atom is -0.360 e. The zero-order valence-electron chi connectivity index (χ0n) is 18.9.